The van der Waals surface area contributed by atoms with Crippen molar-refractivity contribution in [2.45, 2.75) is 44.6 Å². The van der Waals surface area contributed by atoms with Crippen LogP contribution in [-0.2, 0) is 16.0 Å². The first-order valence-electron chi connectivity index (χ1n) is 8.79. The van der Waals surface area contributed by atoms with Gasteiger partial charge < -0.3 is 15.3 Å². The summed E-state index contributed by atoms with van der Waals surface area (Å²) in [6, 6.07) is 9.54. The predicted molar refractivity (Wildman–Crippen MR) is 93.4 cm³/mol. The first kappa shape index (κ1) is 18.5. The van der Waals surface area contributed by atoms with Crippen molar-refractivity contribution in [2.75, 3.05) is 20.1 Å². The summed E-state index contributed by atoms with van der Waals surface area (Å²) in [6.45, 7) is 0.944. The summed E-state index contributed by atoms with van der Waals surface area (Å²) in [6.07, 6.45) is 4.34. The number of aliphatic hydroxyl groups excluding tert-OH is 1. The molecular weight excluding hydrogens is 304 g/mol. The number of hydrogen-bond donors (Lipinski definition) is 2. The Balaban J connectivity index is 1.65. The van der Waals surface area contributed by atoms with Crippen LogP contribution in [0.2, 0.25) is 0 Å². The van der Waals surface area contributed by atoms with Gasteiger partial charge in [-0.15, -0.1) is 0 Å². The van der Waals surface area contributed by atoms with Crippen molar-refractivity contribution in [2.24, 2.45) is 5.92 Å². The number of rotatable bonds is 7. The molecule has 1 aromatic carbocycles. The molecule has 1 aromatic rings. The molecule has 0 aromatic heterocycles. The first-order chi connectivity index (χ1) is 11.6. The number of nitrogens with zero attached hydrogens (tertiary/aromatic N) is 1. The Labute approximate surface area is 144 Å². The number of hydrogen-bond acceptors (Lipinski definition) is 3. The minimum absolute atomic E-state index is 0.00721. The van der Waals surface area contributed by atoms with Gasteiger partial charge >= 0.3 is 0 Å². The number of nitrogens with one attached hydrogen (secondary N) is 1. The van der Waals surface area contributed by atoms with Crippen LogP contribution in [0, 0.1) is 5.92 Å². The van der Waals surface area contributed by atoms with Crippen LogP contribution in [0.4, 0.5) is 0 Å². The van der Waals surface area contributed by atoms with Gasteiger partial charge in [-0.1, -0.05) is 43.2 Å². The Morgan fingerprint density at radius 3 is 2.62 bits per heavy atom. The number of amides is 2. The van der Waals surface area contributed by atoms with Gasteiger partial charge in [0.1, 0.15) is 0 Å². The molecule has 2 amide bonds. The van der Waals surface area contributed by atoms with Gasteiger partial charge in [-0.25, -0.2) is 0 Å². The van der Waals surface area contributed by atoms with Crippen LogP contribution in [0.15, 0.2) is 30.3 Å². The molecule has 2 N–H and O–H groups in total. The third-order valence-corrected chi connectivity index (χ3v) is 4.67. The van der Waals surface area contributed by atoms with Crippen molar-refractivity contribution in [1.82, 2.24) is 10.2 Å². The summed E-state index contributed by atoms with van der Waals surface area (Å²) >= 11 is 0. The van der Waals surface area contributed by atoms with Crippen molar-refractivity contribution in [3.8, 4) is 0 Å². The molecule has 24 heavy (non-hydrogen) atoms. The summed E-state index contributed by atoms with van der Waals surface area (Å²) in [7, 11) is 1.77. The average molecular weight is 332 g/mol. The summed E-state index contributed by atoms with van der Waals surface area (Å²) in [5.41, 5.74) is 0.963. The van der Waals surface area contributed by atoms with E-state index in [1.807, 2.05) is 30.3 Å². The van der Waals surface area contributed by atoms with Gasteiger partial charge in [0.2, 0.25) is 11.8 Å². The van der Waals surface area contributed by atoms with Crippen molar-refractivity contribution in [1.29, 1.82) is 0 Å². The van der Waals surface area contributed by atoms with E-state index >= 15 is 0 Å². The van der Waals surface area contributed by atoms with E-state index in [1.54, 1.807) is 11.9 Å². The Morgan fingerprint density at radius 1 is 1.21 bits per heavy atom. The number of carbonyl (C=O) groups is 2. The zero-order valence-electron chi connectivity index (χ0n) is 14.4. The molecule has 1 saturated carbocycles. The van der Waals surface area contributed by atoms with E-state index in [-0.39, 0.29) is 23.8 Å². The fourth-order valence-electron chi connectivity index (χ4n) is 3.20. The highest BCUT2D eigenvalue weighted by Crippen LogP contribution is 2.24. The topological polar surface area (TPSA) is 69.6 Å². The molecule has 1 fully saturated rings. The van der Waals surface area contributed by atoms with E-state index in [1.165, 1.54) is 0 Å². The lowest BCUT2D eigenvalue weighted by Gasteiger charge is -2.31. The molecule has 132 valence electrons. The molecule has 0 saturated heterocycles. The van der Waals surface area contributed by atoms with E-state index in [9.17, 15) is 14.7 Å². The molecule has 0 aliphatic heterocycles. The monoisotopic (exact) mass is 332 g/mol. The van der Waals surface area contributed by atoms with Gasteiger partial charge in [0, 0.05) is 32.5 Å². The van der Waals surface area contributed by atoms with Crippen LogP contribution < -0.4 is 5.32 Å². The van der Waals surface area contributed by atoms with Gasteiger partial charge in [0.15, 0.2) is 0 Å². The lowest BCUT2D eigenvalue weighted by atomic mass is 9.86. The van der Waals surface area contributed by atoms with Crippen LogP contribution >= 0.6 is 0 Å². The minimum atomic E-state index is -0.292. The third-order valence-electron chi connectivity index (χ3n) is 4.67. The SMILES string of the molecule is CN(CC1CCCCC1O)C(=O)CCNC(=O)Cc1ccccc1. The second-order valence-corrected chi connectivity index (χ2v) is 6.65. The number of benzene rings is 1. The fraction of sp³-hybridized carbons (Fsp3) is 0.579. The summed E-state index contributed by atoms with van der Waals surface area (Å²) in [4.78, 5) is 25.7. The fourth-order valence-corrected chi connectivity index (χ4v) is 3.20. The normalized spacial score (nSPS) is 20.4. The molecule has 5 heteroatoms. The largest absolute Gasteiger partial charge is 0.393 e. The quantitative estimate of drug-likeness (QED) is 0.799. The van der Waals surface area contributed by atoms with Gasteiger partial charge in [-0.2, -0.15) is 0 Å². The second-order valence-electron chi connectivity index (χ2n) is 6.65. The maximum Gasteiger partial charge on any atom is 0.224 e. The molecule has 1 aliphatic carbocycles. The van der Waals surface area contributed by atoms with Gasteiger partial charge in [-0.05, 0) is 18.4 Å². The van der Waals surface area contributed by atoms with E-state index in [0.29, 0.717) is 25.9 Å². The second kappa shape index (κ2) is 9.42. The Morgan fingerprint density at radius 2 is 1.92 bits per heavy atom. The highest BCUT2D eigenvalue weighted by Gasteiger charge is 2.25. The zero-order chi connectivity index (χ0) is 17.4. The summed E-state index contributed by atoms with van der Waals surface area (Å²) in [5.74, 6) is 0.118. The number of aliphatic hydroxyl groups is 1. The molecular formula is C19H28N2O3. The maximum absolute atomic E-state index is 12.2. The predicted octanol–water partition coefficient (Wildman–Crippen LogP) is 1.74. The van der Waals surface area contributed by atoms with Crippen molar-refractivity contribution < 1.29 is 14.7 Å². The smallest absolute Gasteiger partial charge is 0.224 e. The Kier molecular flexibility index (Phi) is 7.25. The summed E-state index contributed by atoms with van der Waals surface area (Å²) in [5, 5.41) is 12.8. The standard InChI is InChI=1S/C19H28N2O3/c1-21(14-16-9-5-6-10-17(16)22)19(24)11-12-20-18(23)13-15-7-3-2-4-8-15/h2-4,7-8,16-17,22H,5-6,9-14H2,1H3,(H,20,23). The van der Waals surface area contributed by atoms with Crippen LogP contribution in [0.5, 0.6) is 0 Å². The Bertz CT molecular complexity index is 533. The minimum Gasteiger partial charge on any atom is -0.393 e. The van der Waals surface area contributed by atoms with E-state index < -0.39 is 0 Å². The van der Waals surface area contributed by atoms with Crippen molar-refractivity contribution in [3.05, 3.63) is 35.9 Å². The van der Waals surface area contributed by atoms with Gasteiger partial charge in [0.25, 0.3) is 0 Å². The highest BCUT2D eigenvalue weighted by atomic mass is 16.3. The van der Waals surface area contributed by atoms with Crippen LogP contribution in [-0.4, -0.2) is 48.1 Å². The molecule has 2 atom stereocenters. The van der Waals surface area contributed by atoms with E-state index in [0.717, 1.165) is 31.2 Å². The van der Waals surface area contributed by atoms with Crippen LogP contribution in [0.1, 0.15) is 37.7 Å². The summed E-state index contributed by atoms with van der Waals surface area (Å²) < 4.78 is 0. The lowest BCUT2D eigenvalue weighted by Crippen LogP contribution is -2.39. The first-order valence-corrected chi connectivity index (χ1v) is 8.79. The van der Waals surface area contributed by atoms with Crippen LogP contribution in [0.25, 0.3) is 0 Å². The number of carbonyl (C=O) groups excluding carboxylic acids is 2. The zero-order valence-corrected chi connectivity index (χ0v) is 14.4. The average Bonchev–Trinajstić information content (AvgIpc) is 2.57. The van der Waals surface area contributed by atoms with Crippen LogP contribution in [0.3, 0.4) is 0 Å². The molecule has 0 bridgehead atoms. The molecule has 2 unspecified atom stereocenters. The molecule has 1 aliphatic rings. The third kappa shape index (κ3) is 5.96. The van der Waals surface area contributed by atoms with E-state index in [2.05, 4.69) is 5.32 Å². The lowest BCUT2D eigenvalue weighted by molar-refractivity contribution is -0.131. The molecule has 0 heterocycles. The molecule has 0 spiro atoms. The highest BCUT2D eigenvalue weighted by molar-refractivity contribution is 5.80. The molecule has 0 radical (unpaired) electrons. The van der Waals surface area contributed by atoms with Crippen molar-refractivity contribution >= 4 is 11.8 Å². The Hall–Kier alpha value is -1.88. The van der Waals surface area contributed by atoms with Gasteiger partial charge in [-0.3, -0.25) is 9.59 Å². The van der Waals surface area contributed by atoms with Crippen molar-refractivity contribution in [3.63, 3.8) is 0 Å². The maximum atomic E-state index is 12.2. The molecule has 5 nitrogen and oxygen atoms in total. The van der Waals surface area contributed by atoms with E-state index in [4.69, 9.17) is 0 Å². The molecule has 2 rings (SSSR count). The van der Waals surface area contributed by atoms with Gasteiger partial charge in [0.05, 0.1) is 12.5 Å².